The molecular formula is C12H10N3OP. The Morgan fingerprint density at radius 3 is 3.00 bits per heavy atom. The minimum Gasteiger partial charge on any atom is -0.374 e. The summed E-state index contributed by atoms with van der Waals surface area (Å²) in [5.41, 5.74) is 2.65. The monoisotopic (exact) mass is 243 g/mol. The molecule has 0 fully saturated rings. The maximum Gasteiger partial charge on any atom is 0.192 e. The quantitative estimate of drug-likeness (QED) is 0.638. The van der Waals surface area contributed by atoms with Crippen LogP contribution >= 0.6 is 8.46 Å². The van der Waals surface area contributed by atoms with Crippen LogP contribution in [0.4, 0.5) is 5.69 Å². The normalized spacial score (nSPS) is 10.1. The van der Waals surface area contributed by atoms with Crippen molar-refractivity contribution in [2.75, 3.05) is 11.9 Å². The largest absolute Gasteiger partial charge is 0.374 e. The van der Waals surface area contributed by atoms with Gasteiger partial charge in [0, 0.05) is 22.8 Å². The molecule has 0 saturated heterocycles. The van der Waals surface area contributed by atoms with Crippen LogP contribution in [0.1, 0.15) is 0 Å². The second-order valence-corrected chi connectivity index (χ2v) is 4.05. The summed E-state index contributed by atoms with van der Waals surface area (Å²) in [7, 11) is -0.00622. The lowest BCUT2D eigenvalue weighted by Gasteiger charge is -2.09. The van der Waals surface area contributed by atoms with Crippen molar-refractivity contribution in [2.45, 2.75) is 0 Å². The number of H-pyrrole nitrogens is 1. The van der Waals surface area contributed by atoms with Gasteiger partial charge < -0.3 is 5.32 Å². The molecule has 1 aromatic carbocycles. The van der Waals surface area contributed by atoms with Crippen molar-refractivity contribution in [1.82, 2.24) is 10.2 Å². The number of nitrogens with one attached hydrogen (secondary N) is 2. The van der Waals surface area contributed by atoms with Crippen LogP contribution in [0.3, 0.4) is 0 Å². The summed E-state index contributed by atoms with van der Waals surface area (Å²) in [5.74, 6) is 2.52. The van der Waals surface area contributed by atoms with Crippen LogP contribution in [-0.4, -0.2) is 16.7 Å². The van der Waals surface area contributed by atoms with Crippen LogP contribution in [0.2, 0.25) is 0 Å². The third-order valence-electron chi connectivity index (χ3n) is 2.28. The van der Waals surface area contributed by atoms with Gasteiger partial charge in [-0.15, -0.1) is 6.42 Å². The molecule has 84 valence electrons. The SMILES string of the molecule is C#CCNc1ccc(P=O)cc1-c1ccn[nH]1. The van der Waals surface area contributed by atoms with E-state index in [1.807, 2.05) is 18.2 Å². The zero-order chi connectivity index (χ0) is 12.1. The Kier molecular flexibility index (Phi) is 3.54. The van der Waals surface area contributed by atoms with E-state index in [0.717, 1.165) is 16.9 Å². The van der Waals surface area contributed by atoms with Crippen LogP contribution in [0.5, 0.6) is 0 Å². The number of hydrogen-bond acceptors (Lipinski definition) is 3. The third-order valence-corrected chi connectivity index (χ3v) is 2.77. The van der Waals surface area contributed by atoms with Gasteiger partial charge in [-0.05, 0) is 24.3 Å². The number of rotatable bonds is 4. The first-order valence-electron chi connectivity index (χ1n) is 4.99. The van der Waals surface area contributed by atoms with E-state index in [-0.39, 0.29) is 8.46 Å². The third kappa shape index (κ3) is 2.52. The smallest absolute Gasteiger partial charge is 0.192 e. The van der Waals surface area contributed by atoms with Gasteiger partial charge in [0.2, 0.25) is 0 Å². The summed E-state index contributed by atoms with van der Waals surface area (Å²) in [6, 6.07) is 7.32. The Labute approximate surface area is 101 Å². The van der Waals surface area contributed by atoms with Crippen molar-refractivity contribution >= 4 is 19.5 Å². The molecule has 0 radical (unpaired) electrons. The summed E-state index contributed by atoms with van der Waals surface area (Å²) < 4.78 is 10.9. The number of anilines is 1. The molecule has 0 aliphatic rings. The van der Waals surface area contributed by atoms with Gasteiger partial charge >= 0.3 is 0 Å². The van der Waals surface area contributed by atoms with Gasteiger partial charge in [-0.1, -0.05) is 5.92 Å². The van der Waals surface area contributed by atoms with Crippen LogP contribution in [0.15, 0.2) is 30.5 Å². The highest BCUT2D eigenvalue weighted by Gasteiger charge is 2.07. The van der Waals surface area contributed by atoms with Gasteiger partial charge in [-0.25, -0.2) is 0 Å². The van der Waals surface area contributed by atoms with E-state index in [0.29, 0.717) is 11.8 Å². The first-order chi connectivity index (χ1) is 8.35. The molecule has 0 unspecified atom stereocenters. The zero-order valence-electron chi connectivity index (χ0n) is 8.97. The van der Waals surface area contributed by atoms with Crippen molar-refractivity contribution in [3.63, 3.8) is 0 Å². The molecule has 2 N–H and O–H groups in total. The predicted octanol–water partition coefficient (Wildman–Crippen LogP) is 2.04. The first-order valence-corrected chi connectivity index (χ1v) is 5.81. The summed E-state index contributed by atoms with van der Waals surface area (Å²) >= 11 is 0. The lowest BCUT2D eigenvalue weighted by atomic mass is 10.1. The van der Waals surface area contributed by atoms with Gasteiger partial charge in [-0.2, -0.15) is 5.10 Å². The number of aromatic nitrogens is 2. The molecule has 0 aliphatic carbocycles. The maximum atomic E-state index is 10.9. The number of benzene rings is 1. The molecular weight excluding hydrogens is 233 g/mol. The molecule has 2 rings (SSSR count). The highest BCUT2D eigenvalue weighted by Crippen LogP contribution is 2.25. The molecule has 0 spiro atoms. The van der Waals surface area contributed by atoms with Crippen molar-refractivity contribution in [3.8, 4) is 23.6 Å². The van der Waals surface area contributed by atoms with Gasteiger partial charge in [0.05, 0.1) is 12.2 Å². The highest BCUT2D eigenvalue weighted by atomic mass is 31.1. The fraction of sp³-hybridized carbons (Fsp3) is 0.0833. The van der Waals surface area contributed by atoms with E-state index < -0.39 is 0 Å². The number of aromatic amines is 1. The molecule has 0 bridgehead atoms. The molecule has 0 aliphatic heterocycles. The first kappa shape index (κ1) is 11.4. The Hall–Kier alpha value is -2.11. The average molecular weight is 243 g/mol. The molecule has 1 heterocycles. The number of nitrogens with zero attached hydrogens (tertiary/aromatic N) is 1. The van der Waals surface area contributed by atoms with Crippen molar-refractivity contribution in [1.29, 1.82) is 0 Å². The summed E-state index contributed by atoms with van der Waals surface area (Å²) in [4.78, 5) is 0. The predicted molar refractivity (Wildman–Crippen MR) is 68.6 cm³/mol. The van der Waals surface area contributed by atoms with Gasteiger partial charge in [0.15, 0.2) is 8.46 Å². The van der Waals surface area contributed by atoms with E-state index in [2.05, 4.69) is 21.4 Å². The highest BCUT2D eigenvalue weighted by molar-refractivity contribution is 7.34. The molecule has 0 atom stereocenters. The minimum atomic E-state index is -0.00622. The standard InChI is InChI=1S/C12H10N3OP/c1-2-6-13-11-4-3-9(17-16)8-10(11)12-5-7-14-15-12/h1,3-5,7-8,13H,6H2,(H,14,15). The fourth-order valence-electron chi connectivity index (χ4n) is 1.52. The molecule has 17 heavy (non-hydrogen) atoms. The Morgan fingerprint density at radius 2 is 2.35 bits per heavy atom. The summed E-state index contributed by atoms with van der Waals surface area (Å²) in [6.07, 6.45) is 6.89. The van der Waals surface area contributed by atoms with Crippen molar-refractivity contribution in [3.05, 3.63) is 30.5 Å². The number of hydrogen-bond donors (Lipinski definition) is 2. The lowest BCUT2D eigenvalue weighted by Crippen LogP contribution is -2.03. The van der Waals surface area contributed by atoms with Crippen molar-refractivity contribution < 1.29 is 4.57 Å². The molecule has 1 aromatic heterocycles. The maximum absolute atomic E-state index is 10.9. The van der Waals surface area contributed by atoms with Crippen molar-refractivity contribution in [2.24, 2.45) is 0 Å². The number of terminal acetylenes is 1. The van der Waals surface area contributed by atoms with Gasteiger partial charge in [-0.3, -0.25) is 9.66 Å². The fourth-order valence-corrected chi connectivity index (χ4v) is 1.84. The Bertz CT molecular complexity index is 558. The lowest BCUT2D eigenvalue weighted by molar-refractivity contribution is 0.603. The van der Waals surface area contributed by atoms with E-state index >= 15 is 0 Å². The second-order valence-electron chi connectivity index (χ2n) is 3.35. The summed E-state index contributed by atoms with van der Waals surface area (Å²) in [6.45, 7) is 0.440. The van der Waals surface area contributed by atoms with E-state index in [1.54, 1.807) is 12.3 Å². The van der Waals surface area contributed by atoms with Crippen LogP contribution in [0, 0.1) is 12.3 Å². The molecule has 2 aromatic rings. The molecule has 0 amide bonds. The summed E-state index contributed by atoms with van der Waals surface area (Å²) in [5, 5.41) is 10.6. The Morgan fingerprint density at radius 1 is 1.47 bits per heavy atom. The van der Waals surface area contributed by atoms with E-state index in [9.17, 15) is 4.57 Å². The molecule has 4 nitrogen and oxygen atoms in total. The van der Waals surface area contributed by atoms with Crippen LogP contribution < -0.4 is 10.6 Å². The van der Waals surface area contributed by atoms with Crippen LogP contribution in [0.25, 0.3) is 11.3 Å². The zero-order valence-corrected chi connectivity index (χ0v) is 9.87. The minimum absolute atomic E-state index is 0.00622. The molecule has 5 heteroatoms. The Balaban J connectivity index is 2.45. The van der Waals surface area contributed by atoms with Crippen LogP contribution in [-0.2, 0) is 4.57 Å². The topological polar surface area (TPSA) is 57.8 Å². The van der Waals surface area contributed by atoms with Gasteiger partial charge in [0.1, 0.15) is 0 Å². The average Bonchev–Trinajstić information content (AvgIpc) is 2.90. The van der Waals surface area contributed by atoms with E-state index in [1.165, 1.54) is 0 Å². The van der Waals surface area contributed by atoms with Gasteiger partial charge in [0.25, 0.3) is 0 Å². The molecule has 0 saturated carbocycles. The van der Waals surface area contributed by atoms with E-state index in [4.69, 9.17) is 6.42 Å². The second kappa shape index (κ2) is 5.29.